The molecule has 0 spiro atoms. The highest BCUT2D eigenvalue weighted by molar-refractivity contribution is 5.83. The van der Waals surface area contributed by atoms with Crippen molar-refractivity contribution >= 4 is 16.7 Å². The van der Waals surface area contributed by atoms with Gasteiger partial charge < -0.3 is 19.9 Å². The van der Waals surface area contributed by atoms with Crippen molar-refractivity contribution in [3.05, 3.63) is 42.6 Å². The van der Waals surface area contributed by atoms with Crippen molar-refractivity contribution in [2.45, 2.75) is 20.0 Å². The molecule has 0 fully saturated rings. The fraction of sp³-hybridized carbons (Fsp3) is 0.222. The van der Waals surface area contributed by atoms with Crippen LogP contribution in [0, 0.1) is 0 Å². The zero-order valence-electron chi connectivity index (χ0n) is 13.8. The Morgan fingerprint density at radius 1 is 1.04 bits per heavy atom. The third-order valence-corrected chi connectivity index (χ3v) is 3.28. The van der Waals surface area contributed by atoms with E-state index in [4.69, 9.17) is 19.9 Å². The minimum Gasteiger partial charge on any atom is -0.491 e. The van der Waals surface area contributed by atoms with Gasteiger partial charge in [0.15, 0.2) is 11.5 Å². The Labute approximate surface area is 140 Å². The molecular weight excluding hydrogens is 306 g/mol. The molecular formula is C18H19N3O3. The molecule has 0 unspecified atom stereocenters. The molecule has 1 aromatic carbocycles. The Morgan fingerprint density at radius 2 is 1.79 bits per heavy atom. The number of methoxy groups -OCH3 is 1. The summed E-state index contributed by atoms with van der Waals surface area (Å²) in [5.74, 6) is 2.20. The lowest BCUT2D eigenvalue weighted by molar-refractivity contribution is 0.221. The second-order valence-corrected chi connectivity index (χ2v) is 5.51. The van der Waals surface area contributed by atoms with Crippen LogP contribution in [0.1, 0.15) is 13.8 Å². The van der Waals surface area contributed by atoms with E-state index in [1.807, 2.05) is 13.8 Å². The maximum Gasteiger partial charge on any atom is 0.258 e. The van der Waals surface area contributed by atoms with Gasteiger partial charge in [0.1, 0.15) is 11.3 Å². The van der Waals surface area contributed by atoms with E-state index < -0.39 is 0 Å². The van der Waals surface area contributed by atoms with Crippen LogP contribution in [0.3, 0.4) is 0 Å². The Kier molecular flexibility index (Phi) is 4.37. The van der Waals surface area contributed by atoms with E-state index in [2.05, 4.69) is 9.97 Å². The Morgan fingerprint density at radius 3 is 2.46 bits per heavy atom. The van der Waals surface area contributed by atoms with Crippen LogP contribution in [0.15, 0.2) is 42.6 Å². The van der Waals surface area contributed by atoms with Gasteiger partial charge in [-0.3, -0.25) is 4.98 Å². The van der Waals surface area contributed by atoms with Crippen molar-refractivity contribution < 1.29 is 14.2 Å². The van der Waals surface area contributed by atoms with Gasteiger partial charge in [0.25, 0.3) is 5.88 Å². The van der Waals surface area contributed by atoms with E-state index in [-0.39, 0.29) is 6.10 Å². The summed E-state index contributed by atoms with van der Waals surface area (Å²) in [6, 6.07) is 10.7. The number of nitrogens with zero attached hydrogens (tertiary/aromatic N) is 2. The lowest BCUT2D eigenvalue weighted by atomic mass is 10.2. The zero-order chi connectivity index (χ0) is 17.1. The summed E-state index contributed by atoms with van der Waals surface area (Å²) in [6.07, 6.45) is 1.64. The molecule has 2 N–H and O–H groups in total. The molecule has 3 aromatic rings. The van der Waals surface area contributed by atoms with Gasteiger partial charge >= 0.3 is 0 Å². The van der Waals surface area contributed by atoms with Crippen molar-refractivity contribution in [1.29, 1.82) is 0 Å². The highest BCUT2D eigenvalue weighted by atomic mass is 16.5. The van der Waals surface area contributed by atoms with E-state index in [1.165, 1.54) is 0 Å². The second-order valence-electron chi connectivity index (χ2n) is 5.51. The van der Waals surface area contributed by atoms with Crippen LogP contribution in [-0.4, -0.2) is 23.2 Å². The summed E-state index contributed by atoms with van der Waals surface area (Å²) in [5.41, 5.74) is 7.64. The molecule has 2 heterocycles. The molecule has 0 aliphatic rings. The number of ether oxygens (including phenoxy) is 3. The number of benzene rings is 1. The molecule has 0 aliphatic carbocycles. The van der Waals surface area contributed by atoms with E-state index in [0.717, 1.165) is 0 Å². The van der Waals surface area contributed by atoms with Crippen LogP contribution in [-0.2, 0) is 0 Å². The van der Waals surface area contributed by atoms with Crippen LogP contribution in [0.4, 0.5) is 5.69 Å². The lowest BCUT2D eigenvalue weighted by Gasteiger charge is -2.14. The second kappa shape index (κ2) is 6.62. The Bertz CT molecular complexity index is 848. The van der Waals surface area contributed by atoms with Crippen molar-refractivity contribution in [3.63, 3.8) is 0 Å². The van der Waals surface area contributed by atoms with Gasteiger partial charge in [-0.15, -0.1) is 0 Å². The van der Waals surface area contributed by atoms with E-state index >= 15 is 0 Å². The lowest BCUT2D eigenvalue weighted by Crippen LogP contribution is -2.08. The number of rotatable bonds is 5. The van der Waals surface area contributed by atoms with Crippen molar-refractivity contribution in [3.8, 4) is 23.1 Å². The minimum absolute atomic E-state index is 0.0259. The van der Waals surface area contributed by atoms with Crippen LogP contribution >= 0.6 is 0 Å². The monoisotopic (exact) mass is 325 g/mol. The SMILES string of the molecule is COc1cc2nccc(Oc3ccc(N)cc3)c2nc1OC(C)C. The number of aromatic nitrogens is 2. The van der Waals surface area contributed by atoms with Crippen molar-refractivity contribution in [1.82, 2.24) is 9.97 Å². The Hall–Kier alpha value is -3.02. The normalized spacial score (nSPS) is 10.8. The third kappa shape index (κ3) is 3.32. The van der Waals surface area contributed by atoms with Crippen molar-refractivity contribution in [2.75, 3.05) is 12.8 Å². The third-order valence-electron chi connectivity index (χ3n) is 3.28. The van der Waals surface area contributed by atoms with Gasteiger partial charge in [0.05, 0.1) is 18.7 Å². The molecule has 6 heteroatoms. The summed E-state index contributed by atoms with van der Waals surface area (Å²) >= 11 is 0. The van der Waals surface area contributed by atoms with E-state index in [9.17, 15) is 0 Å². The maximum absolute atomic E-state index is 5.93. The summed E-state index contributed by atoms with van der Waals surface area (Å²) < 4.78 is 17.0. The average molecular weight is 325 g/mol. The van der Waals surface area contributed by atoms with Gasteiger partial charge in [0.2, 0.25) is 0 Å². The standard InChI is InChI=1S/C18H19N3O3/c1-11(2)23-18-16(22-3)10-14-17(21-18)15(8-9-20-14)24-13-6-4-12(19)5-7-13/h4-11H,19H2,1-3H3. The number of nitrogen functional groups attached to an aromatic ring is 1. The molecule has 0 saturated heterocycles. The molecule has 0 bridgehead atoms. The molecule has 0 radical (unpaired) electrons. The quantitative estimate of drug-likeness (QED) is 0.719. The Balaban J connectivity index is 2.05. The van der Waals surface area contributed by atoms with Gasteiger partial charge in [-0.05, 0) is 38.1 Å². The van der Waals surface area contributed by atoms with Gasteiger partial charge in [-0.2, -0.15) is 0 Å². The largest absolute Gasteiger partial charge is 0.491 e. The smallest absolute Gasteiger partial charge is 0.258 e. The van der Waals surface area contributed by atoms with Crippen LogP contribution < -0.4 is 19.9 Å². The number of hydrogen-bond donors (Lipinski definition) is 1. The first-order valence-electron chi connectivity index (χ1n) is 7.60. The first-order valence-corrected chi connectivity index (χ1v) is 7.60. The minimum atomic E-state index is -0.0259. The molecule has 0 aliphatic heterocycles. The first-order chi connectivity index (χ1) is 11.6. The molecule has 0 amide bonds. The van der Waals surface area contributed by atoms with E-state index in [0.29, 0.717) is 39.8 Å². The fourth-order valence-electron chi connectivity index (χ4n) is 2.21. The topological polar surface area (TPSA) is 79.5 Å². The summed E-state index contributed by atoms with van der Waals surface area (Å²) in [4.78, 5) is 8.87. The molecule has 0 atom stereocenters. The number of fused-ring (bicyclic) bond motifs is 1. The molecule has 3 rings (SSSR count). The van der Waals surface area contributed by atoms with E-state index in [1.54, 1.807) is 49.7 Å². The van der Waals surface area contributed by atoms with Crippen molar-refractivity contribution in [2.24, 2.45) is 0 Å². The molecule has 124 valence electrons. The molecule has 0 saturated carbocycles. The van der Waals surface area contributed by atoms with Gasteiger partial charge in [-0.1, -0.05) is 0 Å². The molecule has 2 aromatic heterocycles. The fourth-order valence-corrected chi connectivity index (χ4v) is 2.21. The molecule has 24 heavy (non-hydrogen) atoms. The highest BCUT2D eigenvalue weighted by Gasteiger charge is 2.14. The number of anilines is 1. The number of nitrogens with two attached hydrogens (primary N) is 1. The predicted octanol–water partition coefficient (Wildman–Crippen LogP) is 3.80. The van der Waals surface area contributed by atoms with Gasteiger partial charge in [-0.25, -0.2) is 4.98 Å². The summed E-state index contributed by atoms with van der Waals surface area (Å²) in [5, 5.41) is 0. The van der Waals surface area contributed by atoms with Crippen LogP contribution in [0.2, 0.25) is 0 Å². The van der Waals surface area contributed by atoms with Crippen LogP contribution in [0.5, 0.6) is 23.1 Å². The summed E-state index contributed by atoms with van der Waals surface area (Å²) in [6.45, 7) is 3.86. The first kappa shape index (κ1) is 15.9. The van der Waals surface area contributed by atoms with Crippen LogP contribution in [0.25, 0.3) is 11.0 Å². The van der Waals surface area contributed by atoms with Gasteiger partial charge in [0, 0.05) is 24.0 Å². The number of pyridine rings is 2. The average Bonchev–Trinajstić information content (AvgIpc) is 2.56. The number of hydrogen-bond acceptors (Lipinski definition) is 6. The maximum atomic E-state index is 5.93. The predicted molar refractivity (Wildman–Crippen MR) is 92.8 cm³/mol. The highest BCUT2D eigenvalue weighted by Crippen LogP contribution is 2.34. The molecule has 6 nitrogen and oxygen atoms in total. The zero-order valence-corrected chi connectivity index (χ0v) is 13.8. The summed E-state index contributed by atoms with van der Waals surface area (Å²) in [7, 11) is 1.57.